The van der Waals surface area contributed by atoms with Crippen molar-refractivity contribution in [2.75, 3.05) is 26.2 Å². The number of nitrogens with zero attached hydrogens (tertiary/aromatic N) is 2. The Hall–Kier alpha value is -1.81. The Kier molecular flexibility index (Phi) is 6.44. The highest BCUT2D eigenvalue weighted by molar-refractivity contribution is 6.01. The van der Waals surface area contributed by atoms with Crippen molar-refractivity contribution in [2.45, 2.75) is 47.6 Å². The zero-order chi connectivity index (χ0) is 17.7. The van der Waals surface area contributed by atoms with Crippen LogP contribution in [0.3, 0.4) is 0 Å². The van der Waals surface area contributed by atoms with Gasteiger partial charge in [0.15, 0.2) is 0 Å². The minimum atomic E-state index is 0.0377. The van der Waals surface area contributed by atoms with E-state index < -0.39 is 0 Å². The number of hydrogen-bond donors (Lipinski definition) is 1. The van der Waals surface area contributed by atoms with Gasteiger partial charge >= 0.3 is 0 Å². The van der Waals surface area contributed by atoms with Gasteiger partial charge in [-0.25, -0.2) is 0 Å². The molecule has 4 nitrogen and oxygen atoms in total. The smallest absolute Gasteiger partial charge is 0.268 e. The highest BCUT2D eigenvalue weighted by atomic mass is 16.1. The van der Waals surface area contributed by atoms with Gasteiger partial charge in [0, 0.05) is 30.5 Å². The number of carbonyl (C=O) groups is 1. The number of nitrogens with one attached hydrogen (secondary N) is 1. The normalized spacial score (nSPS) is 11.4. The van der Waals surface area contributed by atoms with Crippen LogP contribution in [0.1, 0.15) is 49.3 Å². The lowest BCUT2D eigenvalue weighted by molar-refractivity contribution is 0.0939. The monoisotopic (exact) mass is 329 g/mol. The number of carbonyl (C=O) groups excluding carboxylic acids is 1. The predicted octanol–water partition coefficient (Wildman–Crippen LogP) is 3.60. The maximum absolute atomic E-state index is 12.8. The maximum Gasteiger partial charge on any atom is 0.268 e. The standard InChI is InChI=1S/C20H31N3O/c1-6-16-10-11-18-17(14-16)15(5)19(23(18)9-4)20(24)21-12-13-22(7-2)8-3/h10-11,14H,6-9,12-13H2,1-5H3,(H,21,24). The molecule has 0 spiro atoms. The molecule has 1 aromatic carbocycles. The van der Waals surface area contributed by atoms with Gasteiger partial charge in [0.2, 0.25) is 0 Å². The van der Waals surface area contributed by atoms with Crippen LogP contribution in [0.4, 0.5) is 0 Å². The Labute approximate surface area is 145 Å². The molecule has 2 aromatic rings. The Balaban J connectivity index is 2.27. The average Bonchev–Trinajstić information content (AvgIpc) is 2.90. The van der Waals surface area contributed by atoms with E-state index in [0.717, 1.165) is 49.4 Å². The zero-order valence-electron chi connectivity index (χ0n) is 15.8. The van der Waals surface area contributed by atoms with Crippen molar-refractivity contribution >= 4 is 16.8 Å². The average molecular weight is 329 g/mol. The van der Waals surface area contributed by atoms with Crippen molar-refractivity contribution in [3.05, 3.63) is 35.0 Å². The second-order valence-corrected chi connectivity index (χ2v) is 6.21. The number of hydrogen-bond acceptors (Lipinski definition) is 2. The lowest BCUT2D eigenvalue weighted by Crippen LogP contribution is -2.35. The molecule has 0 radical (unpaired) electrons. The Morgan fingerprint density at radius 2 is 1.88 bits per heavy atom. The summed E-state index contributed by atoms with van der Waals surface area (Å²) in [6, 6.07) is 6.54. The highest BCUT2D eigenvalue weighted by Crippen LogP contribution is 2.27. The molecule has 0 fully saturated rings. The van der Waals surface area contributed by atoms with E-state index in [1.54, 1.807) is 0 Å². The first-order valence-corrected chi connectivity index (χ1v) is 9.19. The summed E-state index contributed by atoms with van der Waals surface area (Å²) in [6.45, 7) is 15.0. The van der Waals surface area contributed by atoms with E-state index in [9.17, 15) is 4.79 Å². The van der Waals surface area contributed by atoms with Crippen LogP contribution in [-0.2, 0) is 13.0 Å². The lowest BCUT2D eigenvalue weighted by atomic mass is 10.1. The molecule has 2 rings (SSSR count). The highest BCUT2D eigenvalue weighted by Gasteiger charge is 2.19. The van der Waals surface area contributed by atoms with Gasteiger partial charge in [0.05, 0.1) is 0 Å². The molecule has 0 aliphatic carbocycles. The van der Waals surface area contributed by atoms with Crippen molar-refractivity contribution in [1.29, 1.82) is 0 Å². The fourth-order valence-corrected chi connectivity index (χ4v) is 3.36. The van der Waals surface area contributed by atoms with Crippen LogP contribution in [0.25, 0.3) is 10.9 Å². The molecular weight excluding hydrogens is 298 g/mol. The summed E-state index contributed by atoms with van der Waals surface area (Å²) in [7, 11) is 0. The Morgan fingerprint density at radius 1 is 1.17 bits per heavy atom. The summed E-state index contributed by atoms with van der Waals surface area (Å²) < 4.78 is 2.14. The molecule has 0 unspecified atom stereocenters. The number of aromatic nitrogens is 1. The number of benzene rings is 1. The first kappa shape index (κ1) is 18.5. The van der Waals surface area contributed by atoms with Crippen LogP contribution in [0, 0.1) is 6.92 Å². The lowest BCUT2D eigenvalue weighted by Gasteiger charge is -2.18. The van der Waals surface area contributed by atoms with Gasteiger partial charge in [-0.15, -0.1) is 0 Å². The van der Waals surface area contributed by atoms with Crippen molar-refractivity contribution in [3.8, 4) is 0 Å². The van der Waals surface area contributed by atoms with Crippen LogP contribution >= 0.6 is 0 Å². The summed E-state index contributed by atoms with van der Waals surface area (Å²) in [5, 5.41) is 4.30. The van der Waals surface area contributed by atoms with Crippen molar-refractivity contribution in [3.63, 3.8) is 0 Å². The first-order valence-electron chi connectivity index (χ1n) is 9.19. The van der Waals surface area contributed by atoms with Gasteiger partial charge < -0.3 is 14.8 Å². The van der Waals surface area contributed by atoms with E-state index in [0.29, 0.717) is 6.54 Å². The number of aryl methyl sites for hydroxylation is 3. The van der Waals surface area contributed by atoms with Crippen molar-refractivity contribution < 1.29 is 4.79 Å². The summed E-state index contributed by atoms with van der Waals surface area (Å²) >= 11 is 0. The third kappa shape index (κ3) is 3.64. The molecule has 24 heavy (non-hydrogen) atoms. The van der Waals surface area contributed by atoms with E-state index in [1.807, 2.05) is 0 Å². The molecular formula is C20H31N3O. The van der Waals surface area contributed by atoms with E-state index in [2.05, 4.69) is 67.6 Å². The second kappa shape index (κ2) is 8.34. The summed E-state index contributed by atoms with van der Waals surface area (Å²) in [5.41, 5.74) is 4.36. The van der Waals surface area contributed by atoms with Gasteiger partial charge in [-0.2, -0.15) is 0 Å². The number of likely N-dealkylation sites (N-methyl/N-ethyl adjacent to an activating group) is 1. The quantitative estimate of drug-likeness (QED) is 0.803. The minimum Gasteiger partial charge on any atom is -0.349 e. The van der Waals surface area contributed by atoms with Crippen LogP contribution in [0.2, 0.25) is 0 Å². The van der Waals surface area contributed by atoms with Crippen molar-refractivity contribution in [2.24, 2.45) is 0 Å². The summed E-state index contributed by atoms with van der Waals surface area (Å²) in [5.74, 6) is 0.0377. The van der Waals surface area contributed by atoms with E-state index in [-0.39, 0.29) is 5.91 Å². The summed E-state index contributed by atoms with van der Waals surface area (Å²) in [4.78, 5) is 15.1. The van der Waals surface area contributed by atoms with E-state index >= 15 is 0 Å². The van der Waals surface area contributed by atoms with Gasteiger partial charge in [0.25, 0.3) is 5.91 Å². The van der Waals surface area contributed by atoms with Crippen LogP contribution < -0.4 is 5.32 Å². The third-order valence-electron chi connectivity index (χ3n) is 4.93. The second-order valence-electron chi connectivity index (χ2n) is 6.21. The van der Waals surface area contributed by atoms with Gasteiger partial charge in [-0.1, -0.05) is 26.8 Å². The molecule has 0 atom stereocenters. The number of rotatable bonds is 8. The Bertz CT molecular complexity index is 698. The molecule has 0 saturated heterocycles. The predicted molar refractivity (Wildman–Crippen MR) is 102 cm³/mol. The summed E-state index contributed by atoms with van der Waals surface area (Å²) in [6.07, 6.45) is 1.01. The number of amides is 1. The van der Waals surface area contributed by atoms with Crippen LogP contribution in [0.15, 0.2) is 18.2 Å². The van der Waals surface area contributed by atoms with Gasteiger partial charge in [-0.05, 0) is 56.6 Å². The molecule has 0 bridgehead atoms. The van der Waals surface area contributed by atoms with Gasteiger partial charge in [-0.3, -0.25) is 4.79 Å². The van der Waals surface area contributed by atoms with Gasteiger partial charge in [0.1, 0.15) is 5.69 Å². The minimum absolute atomic E-state index is 0.0377. The molecule has 1 amide bonds. The fraction of sp³-hybridized carbons (Fsp3) is 0.550. The topological polar surface area (TPSA) is 37.3 Å². The molecule has 1 N–H and O–H groups in total. The molecule has 0 aliphatic rings. The first-order chi connectivity index (χ1) is 11.6. The third-order valence-corrected chi connectivity index (χ3v) is 4.93. The van der Waals surface area contributed by atoms with Crippen LogP contribution in [0.5, 0.6) is 0 Å². The SMILES string of the molecule is CCc1ccc2c(c1)c(C)c(C(=O)NCCN(CC)CC)n2CC. The fourth-order valence-electron chi connectivity index (χ4n) is 3.36. The Morgan fingerprint density at radius 3 is 2.46 bits per heavy atom. The number of fused-ring (bicyclic) bond motifs is 1. The van der Waals surface area contributed by atoms with E-state index in [4.69, 9.17) is 0 Å². The molecule has 0 saturated carbocycles. The molecule has 1 aromatic heterocycles. The molecule has 0 aliphatic heterocycles. The zero-order valence-corrected chi connectivity index (χ0v) is 15.8. The molecule has 132 valence electrons. The van der Waals surface area contributed by atoms with E-state index in [1.165, 1.54) is 10.9 Å². The van der Waals surface area contributed by atoms with Crippen LogP contribution in [-0.4, -0.2) is 41.6 Å². The largest absolute Gasteiger partial charge is 0.349 e. The molecule has 1 heterocycles. The maximum atomic E-state index is 12.8. The van der Waals surface area contributed by atoms with Crippen molar-refractivity contribution in [1.82, 2.24) is 14.8 Å². The molecule has 4 heteroatoms.